The van der Waals surface area contributed by atoms with Crippen molar-refractivity contribution >= 4 is 11.4 Å². The standard InChI is InChI=1S/C15H19N3O/c1-2-9-19-15-10-13(3-4-14(15)16)18-11-12-5-7-17-8-6-12/h3-8,10,18H,2,9,11,16H2,1H3. The predicted octanol–water partition coefficient (Wildman–Crippen LogP) is 3.06. The number of nitrogens with zero attached hydrogens (tertiary/aromatic N) is 1. The van der Waals surface area contributed by atoms with Gasteiger partial charge in [-0.2, -0.15) is 0 Å². The van der Waals surface area contributed by atoms with Crippen LogP contribution in [0.5, 0.6) is 5.75 Å². The van der Waals surface area contributed by atoms with E-state index >= 15 is 0 Å². The first-order valence-corrected chi connectivity index (χ1v) is 6.44. The number of aromatic nitrogens is 1. The van der Waals surface area contributed by atoms with Crippen LogP contribution in [0.4, 0.5) is 11.4 Å². The van der Waals surface area contributed by atoms with E-state index in [1.54, 1.807) is 12.4 Å². The Bertz CT molecular complexity index is 514. The highest BCUT2D eigenvalue weighted by Gasteiger charge is 2.02. The normalized spacial score (nSPS) is 10.2. The van der Waals surface area contributed by atoms with Crippen LogP contribution in [0.3, 0.4) is 0 Å². The number of nitrogen functional groups attached to an aromatic ring is 1. The molecule has 100 valence electrons. The molecule has 0 amide bonds. The Morgan fingerprint density at radius 1 is 1.21 bits per heavy atom. The molecule has 19 heavy (non-hydrogen) atoms. The Hall–Kier alpha value is -2.23. The Morgan fingerprint density at radius 3 is 2.74 bits per heavy atom. The molecule has 1 heterocycles. The fraction of sp³-hybridized carbons (Fsp3) is 0.267. The van der Waals surface area contributed by atoms with Gasteiger partial charge in [0.1, 0.15) is 5.75 Å². The number of anilines is 2. The first-order valence-electron chi connectivity index (χ1n) is 6.44. The van der Waals surface area contributed by atoms with Gasteiger partial charge in [0.2, 0.25) is 0 Å². The highest BCUT2D eigenvalue weighted by Crippen LogP contribution is 2.25. The largest absolute Gasteiger partial charge is 0.491 e. The van der Waals surface area contributed by atoms with Crippen molar-refractivity contribution in [3.05, 3.63) is 48.3 Å². The van der Waals surface area contributed by atoms with E-state index in [1.807, 2.05) is 30.3 Å². The van der Waals surface area contributed by atoms with Gasteiger partial charge in [-0.1, -0.05) is 6.92 Å². The molecule has 0 saturated heterocycles. The lowest BCUT2D eigenvalue weighted by Crippen LogP contribution is -2.02. The van der Waals surface area contributed by atoms with Crippen LogP contribution >= 0.6 is 0 Å². The van der Waals surface area contributed by atoms with E-state index < -0.39 is 0 Å². The third-order valence-corrected chi connectivity index (χ3v) is 2.72. The molecule has 0 aliphatic carbocycles. The summed E-state index contributed by atoms with van der Waals surface area (Å²) < 4.78 is 5.60. The molecule has 0 spiro atoms. The van der Waals surface area contributed by atoms with Gasteiger partial charge in [0.05, 0.1) is 12.3 Å². The van der Waals surface area contributed by atoms with E-state index in [0.717, 1.165) is 24.4 Å². The van der Waals surface area contributed by atoms with Crippen LogP contribution in [0.2, 0.25) is 0 Å². The molecule has 2 rings (SSSR count). The predicted molar refractivity (Wildman–Crippen MR) is 78.2 cm³/mol. The summed E-state index contributed by atoms with van der Waals surface area (Å²) in [5.41, 5.74) is 8.73. The Labute approximate surface area is 113 Å². The highest BCUT2D eigenvalue weighted by atomic mass is 16.5. The van der Waals surface area contributed by atoms with Gasteiger partial charge in [-0.05, 0) is 36.2 Å². The third-order valence-electron chi connectivity index (χ3n) is 2.72. The lowest BCUT2D eigenvalue weighted by molar-refractivity contribution is 0.319. The summed E-state index contributed by atoms with van der Waals surface area (Å²) in [7, 11) is 0. The zero-order valence-corrected chi connectivity index (χ0v) is 11.1. The van der Waals surface area contributed by atoms with Crippen molar-refractivity contribution in [1.82, 2.24) is 4.98 Å². The summed E-state index contributed by atoms with van der Waals surface area (Å²) in [5, 5.41) is 3.34. The summed E-state index contributed by atoms with van der Waals surface area (Å²) in [5.74, 6) is 0.738. The fourth-order valence-corrected chi connectivity index (χ4v) is 1.69. The average Bonchev–Trinajstić information content (AvgIpc) is 2.46. The van der Waals surface area contributed by atoms with Gasteiger partial charge in [-0.25, -0.2) is 0 Å². The summed E-state index contributed by atoms with van der Waals surface area (Å²) in [4.78, 5) is 4.00. The van der Waals surface area contributed by atoms with Gasteiger partial charge in [0.15, 0.2) is 0 Å². The number of hydrogen-bond acceptors (Lipinski definition) is 4. The smallest absolute Gasteiger partial charge is 0.144 e. The van der Waals surface area contributed by atoms with Gasteiger partial charge in [0.25, 0.3) is 0 Å². The van der Waals surface area contributed by atoms with Crippen LogP contribution in [-0.4, -0.2) is 11.6 Å². The van der Waals surface area contributed by atoms with Crippen LogP contribution in [0.15, 0.2) is 42.7 Å². The number of nitrogens with one attached hydrogen (secondary N) is 1. The molecule has 2 aromatic rings. The molecule has 0 saturated carbocycles. The Kier molecular flexibility index (Phi) is 4.61. The van der Waals surface area contributed by atoms with Crippen LogP contribution in [0, 0.1) is 0 Å². The topological polar surface area (TPSA) is 60.2 Å². The molecule has 0 unspecified atom stereocenters. The minimum Gasteiger partial charge on any atom is -0.491 e. The van der Waals surface area contributed by atoms with Crippen molar-refractivity contribution in [2.75, 3.05) is 17.7 Å². The minimum atomic E-state index is 0.669. The molecule has 0 atom stereocenters. The molecule has 0 aliphatic rings. The molecule has 0 radical (unpaired) electrons. The van der Waals surface area contributed by atoms with Crippen LogP contribution in [0.1, 0.15) is 18.9 Å². The molecule has 3 N–H and O–H groups in total. The number of benzene rings is 1. The molecule has 4 nitrogen and oxygen atoms in total. The van der Waals surface area contributed by atoms with Crippen molar-refractivity contribution in [3.8, 4) is 5.75 Å². The molecule has 0 aliphatic heterocycles. The maximum absolute atomic E-state index is 5.88. The van der Waals surface area contributed by atoms with Crippen molar-refractivity contribution in [3.63, 3.8) is 0 Å². The number of hydrogen-bond donors (Lipinski definition) is 2. The van der Waals surface area contributed by atoms with Crippen molar-refractivity contribution in [2.24, 2.45) is 0 Å². The van der Waals surface area contributed by atoms with E-state index in [1.165, 1.54) is 5.56 Å². The zero-order valence-electron chi connectivity index (χ0n) is 11.1. The number of ether oxygens (including phenoxy) is 1. The van der Waals surface area contributed by atoms with E-state index in [-0.39, 0.29) is 0 Å². The number of rotatable bonds is 6. The molecule has 1 aromatic heterocycles. The van der Waals surface area contributed by atoms with E-state index in [9.17, 15) is 0 Å². The molecule has 1 aromatic carbocycles. The molecule has 0 fully saturated rings. The minimum absolute atomic E-state index is 0.669. The Morgan fingerprint density at radius 2 is 2.00 bits per heavy atom. The van der Waals surface area contributed by atoms with Crippen molar-refractivity contribution < 1.29 is 4.74 Å². The Balaban J connectivity index is 2.00. The molecular weight excluding hydrogens is 238 g/mol. The first kappa shape index (κ1) is 13.2. The first-order chi connectivity index (χ1) is 9.29. The monoisotopic (exact) mass is 257 g/mol. The average molecular weight is 257 g/mol. The summed E-state index contributed by atoms with van der Waals surface area (Å²) in [6.45, 7) is 3.50. The van der Waals surface area contributed by atoms with Gasteiger partial charge >= 0.3 is 0 Å². The van der Waals surface area contributed by atoms with Gasteiger partial charge in [-0.15, -0.1) is 0 Å². The van der Waals surface area contributed by atoms with E-state index in [2.05, 4.69) is 17.2 Å². The van der Waals surface area contributed by atoms with E-state index in [4.69, 9.17) is 10.5 Å². The lowest BCUT2D eigenvalue weighted by atomic mass is 10.2. The van der Waals surface area contributed by atoms with Gasteiger partial charge < -0.3 is 15.8 Å². The van der Waals surface area contributed by atoms with Gasteiger partial charge in [-0.3, -0.25) is 4.98 Å². The highest BCUT2D eigenvalue weighted by molar-refractivity contribution is 5.61. The second-order valence-electron chi connectivity index (χ2n) is 4.31. The van der Waals surface area contributed by atoms with E-state index in [0.29, 0.717) is 12.3 Å². The maximum Gasteiger partial charge on any atom is 0.144 e. The second kappa shape index (κ2) is 6.64. The number of pyridine rings is 1. The molecular formula is C15H19N3O. The SMILES string of the molecule is CCCOc1cc(NCc2ccncc2)ccc1N. The fourth-order valence-electron chi connectivity index (χ4n) is 1.69. The van der Waals surface area contributed by atoms with Crippen molar-refractivity contribution in [2.45, 2.75) is 19.9 Å². The quantitative estimate of drug-likeness (QED) is 0.781. The summed E-state index contributed by atoms with van der Waals surface area (Å²) in [6.07, 6.45) is 4.54. The van der Waals surface area contributed by atoms with Crippen LogP contribution in [-0.2, 0) is 6.54 Å². The van der Waals surface area contributed by atoms with Crippen molar-refractivity contribution in [1.29, 1.82) is 0 Å². The summed E-state index contributed by atoms with van der Waals surface area (Å²) >= 11 is 0. The van der Waals surface area contributed by atoms with Crippen LogP contribution in [0.25, 0.3) is 0 Å². The molecule has 0 bridgehead atoms. The zero-order chi connectivity index (χ0) is 13.5. The van der Waals surface area contributed by atoms with Crippen LogP contribution < -0.4 is 15.8 Å². The second-order valence-corrected chi connectivity index (χ2v) is 4.31. The summed E-state index contributed by atoms with van der Waals surface area (Å²) in [6, 6.07) is 9.72. The van der Waals surface area contributed by atoms with Gasteiger partial charge in [0, 0.05) is 30.7 Å². The lowest BCUT2D eigenvalue weighted by Gasteiger charge is -2.11. The third kappa shape index (κ3) is 3.88. The molecule has 4 heteroatoms. The number of nitrogens with two attached hydrogens (primary N) is 1. The maximum atomic E-state index is 5.88.